The minimum atomic E-state index is -0.976. The number of pyridine rings is 2. The third-order valence-corrected chi connectivity index (χ3v) is 12.8. The number of anilines is 1. The molecule has 2 saturated heterocycles. The Morgan fingerprint density at radius 1 is 0.780 bits per heavy atom. The van der Waals surface area contributed by atoms with Crippen molar-refractivity contribution in [3.63, 3.8) is 0 Å². The fourth-order valence-electron chi connectivity index (χ4n) is 9.26. The zero-order chi connectivity index (χ0) is 40.2. The highest BCUT2D eigenvalue weighted by atomic mass is 16.5. The van der Waals surface area contributed by atoms with Gasteiger partial charge in [-0.2, -0.15) is 0 Å². The first-order chi connectivity index (χ1) is 28.8. The molecule has 2 aliphatic carbocycles. The van der Waals surface area contributed by atoms with Gasteiger partial charge >= 0.3 is 0 Å². The molecule has 0 bridgehead atoms. The molecule has 0 spiro atoms. The Kier molecular flexibility index (Phi) is 9.85. The van der Waals surface area contributed by atoms with E-state index in [0.717, 1.165) is 46.5 Å². The number of piperidine rings is 1. The molecule has 4 amide bonds. The molecule has 59 heavy (non-hydrogen) atoms. The van der Waals surface area contributed by atoms with Gasteiger partial charge in [0, 0.05) is 85.4 Å². The summed E-state index contributed by atoms with van der Waals surface area (Å²) in [5.41, 5.74) is 5.90. The molecule has 5 aliphatic rings. The Balaban J connectivity index is 0.579. The van der Waals surface area contributed by atoms with Gasteiger partial charge in [-0.3, -0.25) is 34.4 Å². The van der Waals surface area contributed by atoms with Gasteiger partial charge in [0.2, 0.25) is 17.7 Å². The van der Waals surface area contributed by atoms with Crippen molar-refractivity contribution in [3.8, 4) is 17.0 Å². The monoisotopic (exact) mass is 798 g/mol. The molecular weight excluding hydrogens is 753 g/mol. The second kappa shape index (κ2) is 15.5. The van der Waals surface area contributed by atoms with Crippen LogP contribution < -0.4 is 15.0 Å². The molecule has 5 aromatic rings. The van der Waals surface area contributed by atoms with E-state index in [1.54, 1.807) is 12.1 Å². The van der Waals surface area contributed by atoms with Crippen LogP contribution in [0.15, 0.2) is 73.2 Å². The second-order valence-electron chi connectivity index (χ2n) is 16.5. The Hall–Kier alpha value is -5.70. The summed E-state index contributed by atoms with van der Waals surface area (Å²) < 4.78 is 26.1. The quantitative estimate of drug-likeness (QED) is 0.113. The number of fused-ring (bicyclic) bond motifs is 4. The van der Waals surface area contributed by atoms with E-state index < -0.39 is 29.7 Å². The smallest absolute Gasteiger partial charge is 0.262 e. The summed E-state index contributed by atoms with van der Waals surface area (Å²) in [4.78, 5) is 62.0. The Bertz CT molecular complexity index is 2460. The number of aryl methyl sites for hydroxylation is 1. The highest BCUT2D eigenvalue weighted by molar-refractivity contribution is 6.23. The summed E-state index contributed by atoms with van der Waals surface area (Å²) >= 11 is 0. The van der Waals surface area contributed by atoms with Crippen molar-refractivity contribution in [2.24, 2.45) is 24.8 Å². The molecule has 2 saturated carbocycles. The predicted octanol–water partition coefficient (Wildman–Crippen LogP) is 4.92. The van der Waals surface area contributed by atoms with E-state index in [2.05, 4.69) is 62.1 Å². The summed E-state index contributed by atoms with van der Waals surface area (Å²) in [5, 5.41) is 4.58. The highest BCUT2D eigenvalue weighted by Crippen LogP contribution is 2.52. The lowest BCUT2D eigenvalue weighted by Crippen LogP contribution is -2.54. The summed E-state index contributed by atoms with van der Waals surface area (Å²) in [6.07, 6.45) is 9.50. The first-order valence-corrected chi connectivity index (χ1v) is 20.6. The molecule has 3 aromatic heterocycles. The van der Waals surface area contributed by atoms with Gasteiger partial charge in [0.15, 0.2) is 0 Å². The van der Waals surface area contributed by atoms with Crippen LogP contribution in [0.25, 0.3) is 32.9 Å². The van der Waals surface area contributed by atoms with E-state index in [1.807, 2.05) is 30.7 Å². The number of nitrogens with zero attached hydrogens (tertiary/aromatic N) is 5. The number of rotatable bonds is 15. The Morgan fingerprint density at radius 2 is 1.59 bits per heavy atom. The van der Waals surface area contributed by atoms with E-state index in [0.29, 0.717) is 63.2 Å². The number of hydrogen-bond acceptors (Lipinski definition) is 11. The van der Waals surface area contributed by atoms with Crippen molar-refractivity contribution in [3.05, 3.63) is 84.3 Å². The van der Waals surface area contributed by atoms with Gasteiger partial charge in [0.05, 0.1) is 49.2 Å². The van der Waals surface area contributed by atoms with E-state index >= 15 is 0 Å². The number of ether oxygens (including phenoxy) is 4. The van der Waals surface area contributed by atoms with Crippen LogP contribution in [0.2, 0.25) is 0 Å². The van der Waals surface area contributed by atoms with Gasteiger partial charge in [-0.05, 0) is 85.4 Å². The number of imide groups is 2. The normalized spacial score (nSPS) is 24.1. The van der Waals surface area contributed by atoms with Crippen molar-refractivity contribution in [2.45, 2.75) is 50.4 Å². The zero-order valence-electron chi connectivity index (χ0n) is 32.9. The van der Waals surface area contributed by atoms with Crippen molar-refractivity contribution >= 4 is 51.1 Å². The minimum absolute atomic E-state index is 0.0432. The van der Waals surface area contributed by atoms with Gasteiger partial charge < -0.3 is 28.4 Å². The first-order valence-electron chi connectivity index (χ1n) is 20.6. The molecule has 3 atom stereocenters. The maximum Gasteiger partial charge on any atom is 0.262 e. The summed E-state index contributed by atoms with van der Waals surface area (Å²) in [6.45, 7) is 4.13. The van der Waals surface area contributed by atoms with Gasteiger partial charge in [0.1, 0.15) is 12.1 Å². The number of carbonyl (C=O) groups excluding carboxylic acids is 4. The molecule has 2 aromatic carbocycles. The van der Waals surface area contributed by atoms with E-state index in [-0.39, 0.29) is 36.2 Å². The largest absolute Gasteiger partial charge is 0.474 e. The van der Waals surface area contributed by atoms with Crippen molar-refractivity contribution in [1.29, 1.82) is 0 Å². The molecule has 6 heterocycles. The number of amides is 4. The van der Waals surface area contributed by atoms with Crippen LogP contribution in [0.4, 0.5) is 5.69 Å². The molecule has 304 valence electrons. The van der Waals surface area contributed by atoms with Crippen LogP contribution in [0.5, 0.6) is 5.88 Å². The van der Waals surface area contributed by atoms with Gasteiger partial charge in [-0.1, -0.05) is 12.1 Å². The maximum atomic E-state index is 13.1. The minimum Gasteiger partial charge on any atom is -0.474 e. The first kappa shape index (κ1) is 37.6. The predicted molar refractivity (Wildman–Crippen MR) is 217 cm³/mol. The summed E-state index contributed by atoms with van der Waals surface area (Å²) in [7, 11) is 2.09. The van der Waals surface area contributed by atoms with Gasteiger partial charge in [-0.15, -0.1) is 0 Å². The van der Waals surface area contributed by atoms with Crippen LogP contribution in [0.3, 0.4) is 0 Å². The molecule has 14 heteroatoms. The fraction of sp³-hybridized carbons (Fsp3) is 0.422. The molecule has 4 fully saturated rings. The Morgan fingerprint density at radius 3 is 2.42 bits per heavy atom. The topological polar surface area (TPSA) is 154 Å². The van der Waals surface area contributed by atoms with Crippen LogP contribution in [-0.2, 0) is 30.8 Å². The second-order valence-corrected chi connectivity index (χ2v) is 16.5. The lowest BCUT2D eigenvalue weighted by atomic mass is 9.78. The summed E-state index contributed by atoms with van der Waals surface area (Å²) in [5.74, 6) is 0.682. The number of aromatic nitrogens is 3. The van der Waals surface area contributed by atoms with Crippen molar-refractivity contribution in [2.75, 3.05) is 51.0 Å². The molecule has 1 N–H and O–H groups in total. The lowest BCUT2D eigenvalue weighted by molar-refractivity contribution is -0.136. The molecular formula is C45H46N6O8. The van der Waals surface area contributed by atoms with Crippen LogP contribution in [0, 0.1) is 17.8 Å². The number of carbonyl (C=O) groups is 4. The molecule has 2 unspecified atom stereocenters. The molecule has 14 nitrogen and oxygen atoms in total. The zero-order valence-corrected chi connectivity index (χ0v) is 32.9. The summed E-state index contributed by atoms with van der Waals surface area (Å²) in [6, 6.07) is 16.8. The lowest BCUT2D eigenvalue weighted by Gasteiger charge is -2.40. The van der Waals surface area contributed by atoms with E-state index in [1.165, 1.54) is 22.8 Å². The van der Waals surface area contributed by atoms with E-state index in [9.17, 15) is 19.2 Å². The molecule has 3 aliphatic heterocycles. The van der Waals surface area contributed by atoms with Gasteiger partial charge in [0.25, 0.3) is 11.8 Å². The maximum absolute atomic E-state index is 13.1. The number of nitrogens with one attached hydrogen (secondary N) is 1. The number of hydrogen-bond donors (Lipinski definition) is 1. The van der Waals surface area contributed by atoms with E-state index in [4.69, 9.17) is 18.9 Å². The fourth-order valence-corrected chi connectivity index (χ4v) is 9.26. The average molecular weight is 799 g/mol. The van der Waals surface area contributed by atoms with Gasteiger partial charge in [-0.25, -0.2) is 4.98 Å². The highest BCUT2D eigenvalue weighted by Gasteiger charge is 2.49. The average Bonchev–Trinajstić information content (AvgIpc) is 3.86. The van der Waals surface area contributed by atoms with Crippen LogP contribution in [-0.4, -0.2) is 107 Å². The van der Waals surface area contributed by atoms with Crippen molar-refractivity contribution < 1.29 is 38.1 Å². The molecule has 10 rings (SSSR count). The third-order valence-electron chi connectivity index (χ3n) is 12.8. The standard InChI is InChI=1S/C45H46N6O8/c1-49-38-10-11-46-22-37(38)33-5-2-26(19-40(33)49)27-3-9-42(47-21-27)59-31-16-28(17-31)35-18-29(35)25-57-13-12-56-14-15-58-32-23-50(24-32)30-4-6-34-36(20-30)45(55)51(44(34)54)39-7-8-41(52)48-43(39)53/h2-6,9-11,19-22,28-29,31-32,35,39H,7-8,12-18,23-25H2,1H3,(H,48,52,53)/t28?,29-,31?,35?,39?/m0/s1. The van der Waals surface area contributed by atoms with Crippen LogP contribution in [0.1, 0.15) is 52.8 Å². The third kappa shape index (κ3) is 7.23. The van der Waals surface area contributed by atoms with Crippen LogP contribution >= 0.6 is 0 Å². The van der Waals surface area contributed by atoms with Crippen molar-refractivity contribution in [1.82, 2.24) is 24.8 Å². The SMILES string of the molecule is Cn1c2ccncc2c2ccc(-c3ccc(OC4CC(C5C[C@H]5COCCOCCOC5CN(c6ccc7c(c6)C(=O)N(C6CCC(=O)NC6=O)C7=O)C5)C4)nc3)cc21. The Labute approximate surface area is 340 Å². The number of benzene rings is 2. The molecule has 0 radical (unpaired) electrons.